The van der Waals surface area contributed by atoms with Crippen LogP contribution in [-0.2, 0) is 38.1 Å². The van der Waals surface area contributed by atoms with Crippen LogP contribution in [0.2, 0.25) is 0 Å². The number of rotatable bonds is 6. The Labute approximate surface area is 214 Å². The lowest BCUT2D eigenvalue weighted by atomic mass is 9.84. The van der Waals surface area contributed by atoms with E-state index in [-0.39, 0.29) is 11.3 Å². The largest absolute Gasteiger partial charge is 0.492 e. The fraction of sp³-hybridized carbons (Fsp3) is 0.481. The summed E-state index contributed by atoms with van der Waals surface area (Å²) in [5, 5.41) is 13.0. The summed E-state index contributed by atoms with van der Waals surface area (Å²) in [6.07, 6.45) is 5.57. The van der Waals surface area contributed by atoms with Crippen LogP contribution in [-0.4, -0.2) is 60.1 Å². The van der Waals surface area contributed by atoms with Crippen molar-refractivity contribution in [3.63, 3.8) is 0 Å². The van der Waals surface area contributed by atoms with Crippen molar-refractivity contribution < 1.29 is 23.7 Å². The van der Waals surface area contributed by atoms with Crippen molar-refractivity contribution >= 4 is 22.6 Å². The number of pyridine rings is 2. The third-order valence-electron chi connectivity index (χ3n) is 7.49. The zero-order valence-electron chi connectivity index (χ0n) is 21.0. The van der Waals surface area contributed by atoms with Gasteiger partial charge in [-0.2, -0.15) is 5.26 Å². The quantitative estimate of drug-likeness (QED) is 0.545. The number of aryl methyl sites for hydroxylation is 1. The van der Waals surface area contributed by atoms with Gasteiger partial charge in [-0.25, -0.2) is 9.97 Å². The second-order valence-electron chi connectivity index (χ2n) is 10.3. The first-order valence-corrected chi connectivity index (χ1v) is 12.5. The summed E-state index contributed by atoms with van der Waals surface area (Å²) < 4.78 is 26.0. The maximum atomic E-state index is 11.6. The topological polar surface area (TPSA) is 121 Å². The summed E-state index contributed by atoms with van der Waals surface area (Å²) in [5.41, 5.74) is 3.57. The van der Waals surface area contributed by atoms with Gasteiger partial charge in [0.15, 0.2) is 0 Å². The van der Waals surface area contributed by atoms with Gasteiger partial charge in [-0.15, -0.1) is 0 Å². The van der Waals surface area contributed by atoms with Gasteiger partial charge in [0.05, 0.1) is 67.6 Å². The van der Waals surface area contributed by atoms with Crippen LogP contribution in [0.1, 0.15) is 31.0 Å². The summed E-state index contributed by atoms with van der Waals surface area (Å²) in [6, 6.07) is 6.13. The van der Waals surface area contributed by atoms with Gasteiger partial charge < -0.3 is 28.8 Å². The van der Waals surface area contributed by atoms with Gasteiger partial charge in [0.2, 0.25) is 5.91 Å². The molecule has 3 aliphatic rings. The molecule has 0 saturated carbocycles. The van der Waals surface area contributed by atoms with E-state index in [0.29, 0.717) is 58.3 Å². The van der Waals surface area contributed by atoms with Gasteiger partial charge in [-0.3, -0.25) is 4.79 Å². The molecule has 1 amide bonds. The van der Waals surface area contributed by atoms with Crippen molar-refractivity contribution in [1.29, 1.82) is 5.26 Å². The molecule has 1 unspecified atom stereocenters. The maximum Gasteiger partial charge on any atom is 0.222 e. The molecule has 0 aromatic carbocycles. The Hall–Kier alpha value is -3.52. The number of carbonyl (C=O) groups excluding carboxylic acids is 1. The molecule has 6 rings (SSSR count). The van der Waals surface area contributed by atoms with E-state index < -0.39 is 5.60 Å². The van der Waals surface area contributed by atoms with E-state index >= 15 is 0 Å². The fourth-order valence-corrected chi connectivity index (χ4v) is 5.45. The second-order valence-corrected chi connectivity index (χ2v) is 10.3. The van der Waals surface area contributed by atoms with Crippen molar-refractivity contribution in [2.45, 2.75) is 31.8 Å². The number of hydrogen-bond donors (Lipinski definition) is 1. The number of amides is 1. The fourth-order valence-electron chi connectivity index (χ4n) is 5.45. The molecule has 37 heavy (non-hydrogen) atoms. The number of nitrogens with one attached hydrogen (secondary N) is 1. The average Bonchev–Trinajstić information content (AvgIpc) is 3.45. The lowest BCUT2D eigenvalue weighted by Crippen LogP contribution is -2.47. The van der Waals surface area contributed by atoms with Gasteiger partial charge in [0, 0.05) is 68.6 Å². The average molecular weight is 504 g/mol. The lowest BCUT2D eigenvalue weighted by molar-refractivity contribution is -0.129. The van der Waals surface area contributed by atoms with E-state index in [9.17, 15) is 10.1 Å². The molecule has 2 fully saturated rings. The van der Waals surface area contributed by atoms with Crippen molar-refractivity contribution in [2.75, 3.05) is 45.0 Å². The molecule has 10 heteroatoms. The standard InChI is InChI=1S/C27H29N5O5/c1-17(33)30-24-9-19-20(12-32(2)22(19)11-29-24)21-10-23(36-15-26(4-6-28)13-35-14-26)18-3-7-37-27(25(18)31-21)5-8-34-16-27/h9-12H,3-5,7-8,13-16H2,1-2H3,(H,29,30,33). The van der Waals surface area contributed by atoms with Crippen molar-refractivity contribution in [2.24, 2.45) is 12.5 Å². The lowest BCUT2D eigenvalue weighted by Gasteiger charge is -2.40. The van der Waals surface area contributed by atoms with E-state index in [1.54, 1.807) is 6.20 Å². The normalized spacial score (nSPS) is 21.9. The van der Waals surface area contributed by atoms with Gasteiger partial charge in [-0.1, -0.05) is 0 Å². The zero-order chi connectivity index (χ0) is 25.6. The summed E-state index contributed by atoms with van der Waals surface area (Å²) in [7, 11) is 1.96. The van der Waals surface area contributed by atoms with Crippen LogP contribution in [0.3, 0.4) is 0 Å². The number of hydrogen-bond acceptors (Lipinski definition) is 8. The number of carbonyl (C=O) groups is 1. The highest BCUT2D eigenvalue weighted by Crippen LogP contribution is 2.44. The van der Waals surface area contributed by atoms with Gasteiger partial charge >= 0.3 is 0 Å². The molecule has 3 aliphatic heterocycles. The summed E-state index contributed by atoms with van der Waals surface area (Å²) in [5.74, 6) is 1.06. The van der Waals surface area contributed by atoms with Crippen LogP contribution < -0.4 is 10.1 Å². The monoisotopic (exact) mass is 503 g/mol. The van der Waals surface area contributed by atoms with E-state index in [1.165, 1.54) is 6.92 Å². The predicted molar refractivity (Wildman–Crippen MR) is 134 cm³/mol. The Balaban J connectivity index is 1.48. The molecular weight excluding hydrogens is 474 g/mol. The molecule has 1 spiro atoms. The van der Waals surface area contributed by atoms with E-state index in [0.717, 1.165) is 45.6 Å². The van der Waals surface area contributed by atoms with Gasteiger partial charge in [-0.05, 0) is 6.07 Å². The summed E-state index contributed by atoms with van der Waals surface area (Å²) in [6.45, 7) is 4.53. The Morgan fingerprint density at radius 1 is 1.27 bits per heavy atom. The highest BCUT2D eigenvalue weighted by Gasteiger charge is 2.45. The van der Waals surface area contributed by atoms with Crippen molar-refractivity contribution in [1.82, 2.24) is 14.5 Å². The molecule has 0 radical (unpaired) electrons. The first kappa shape index (κ1) is 23.9. The second kappa shape index (κ2) is 9.10. The third kappa shape index (κ3) is 4.13. The van der Waals surface area contributed by atoms with Crippen LogP contribution in [0.5, 0.6) is 5.75 Å². The number of fused-ring (bicyclic) bond motifs is 3. The Morgan fingerprint density at radius 2 is 2.14 bits per heavy atom. The number of anilines is 1. The predicted octanol–water partition coefficient (Wildman–Crippen LogP) is 3.09. The van der Waals surface area contributed by atoms with E-state index in [4.69, 9.17) is 23.9 Å². The minimum atomic E-state index is -0.598. The van der Waals surface area contributed by atoms with Crippen LogP contribution in [0.25, 0.3) is 22.2 Å². The first-order chi connectivity index (χ1) is 17.9. The minimum absolute atomic E-state index is 0.182. The SMILES string of the molecule is CC(=O)Nc1cc2c(-c3cc(OCC4(CC#N)COC4)c4c(n3)C3(CCOC3)OCC4)cn(C)c2cn1. The van der Waals surface area contributed by atoms with E-state index in [1.807, 2.05) is 29.9 Å². The third-order valence-corrected chi connectivity index (χ3v) is 7.49. The molecular formula is C27H29N5O5. The Kier molecular flexibility index (Phi) is 5.87. The molecule has 3 aromatic rings. The Morgan fingerprint density at radius 3 is 2.84 bits per heavy atom. The molecule has 0 aliphatic carbocycles. The highest BCUT2D eigenvalue weighted by molar-refractivity contribution is 5.98. The molecule has 0 bridgehead atoms. The van der Waals surface area contributed by atoms with Crippen LogP contribution in [0, 0.1) is 16.7 Å². The zero-order valence-corrected chi connectivity index (χ0v) is 21.0. The highest BCUT2D eigenvalue weighted by atomic mass is 16.6. The number of aromatic nitrogens is 3. The number of nitrogens with zero attached hydrogens (tertiary/aromatic N) is 4. The van der Waals surface area contributed by atoms with Crippen LogP contribution >= 0.6 is 0 Å². The van der Waals surface area contributed by atoms with Crippen molar-refractivity contribution in [3.05, 3.63) is 35.8 Å². The molecule has 3 aromatic heterocycles. The molecule has 6 heterocycles. The molecule has 1 N–H and O–H groups in total. The molecule has 192 valence electrons. The van der Waals surface area contributed by atoms with Gasteiger partial charge in [0.1, 0.15) is 17.2 Å². The Bertz CT molecular complexity index is 1410. The summed E-state index contributed by atoms with van der Waals surface area (Å²) >= 11 is 0. The minimum Gasteiger partial charge on any atom is -0.492 e. The number of nitriles is 1. The van der Waals surface area contributed by atoms with Crippen molar-refractivity contribution in [3.8, 4) is 23.1 Å². The smallest absolute Gasteiger partial charge is 0.222 e. The summed E-state index contributed by atoms with van der Waals surface area (Å²) in [4.78, 5) is 21.2. The van der Waals surface area contributed by atoms with Crippen LogP contribution in [0.4, 0.5) is 5.82 Å². The maximum absolute atomic E-state index is 11.6. The van der Waals surface area contributed by atoms with Gasteiger partial charge in [0.25, 0.3) is 0 Å². The number of ether oxygens (including phenoxy) is 4. The van der Waals surface area contributed by atoms with Crippen LogP contribution in [0.15, 0.2) is 24.5 Å². The molecule has 2 saturated heterocycles. The molecule has 10 nitrogen and oxygen atoms in total. The first-order valence-electron chi connectivity index (χ1n) is 12.5. The molecule has 1 atom stereocenters. The van der Waals surface area contributed by atoms with E-state index in [2.05, 4.69) is 16.4 Å².